The molecule has 138 valence electrons. The fourth-order valence-corrected chi connectivity index (χ4v) is 2.76. The number of Topliss-reactive ketones (excluding diaryl/α,β-unsaturated/α-hetero) is 1. The van der Waals surface area contributed by atoms with Crippen LogP contribution in [0.3, 0.4) is 0 Å². The topological polar surface area (TPSA) is 115 Å². The number of carbonyl (C=O) groups is 1. The number of hydrogen-bond acceptors (Lipinski definition) is 4. The normalized spacial score (nSPS) is 15.2. The maximum absolute atomic E-state index is 13.2. The summed E-state index contributed by atoms with van der Waals surface area (Å²) in [6.07, 6.45) is 1.04. The zero-order valence-electron chi connectivity index (χ0n) is 14.2. The van der Waals surface area contributed by atoms with E-state index in [0.717, 1.165) is 0 Å². The molecule has 0 unspecified atom stereocenters. The third-order valence-corrected chi connectivity index (χ3v) is 4.30. The van der Waals surface area contributed by atoms with Crippen molar-refractivity contribution >= 4 is 39.2 Å². The van der Waals surface area contributed by atoms with Gasteiger partial charge in [0.15, 0.2) is 11.8 Å². The van der Waals surface area contributed by atoms with E-state index in [1.807, 2.05) is 19.3 Å². The molecule has 1 aliphatic rings. The minimum absolute atomic E-state index is 0.0127. The Morgan fingerprint density at radius 3 is 2.52 bits per heavy atom. The average molecular weight is 416 g/mol. The van der Waals surface area contributed by atoms with Crippen LogP contribution < -0.4 is 11.2 Å². The maximum atomic E-state index is 13.2. The van der Waals surface area contributed by atoms with Crippen LogP contribution >= 0.6 is 15.9 Å². The molecule has 0 saturated carbocycles. The molecular formula is C16H23BrFN5O2. The van der Waals surface area contributed by atoms with Crippen molar-refractivity contribution in [2.45, 2.75) is 26.7 Å². The van der Waals surface area contributed by atoms with Crippen molar-refractivity contribution in [1.82, 2.24) is 10.4 Å². The first-order chi connectivity index (χ1) is 11.9. The number of amidine groups is 1. The van der Waals surface area contributed by atoms with Gasteiger partial charge in [-0.1, -0.05) is 13.8 Å². The Morgan fingerprint density at radius 2 is 2.04 bits per heavy atom. The van der Waals surface area contributed by atoms with E-state index < -0.39 is 5.82 Å². The van der Waals surface area contributed by atoms with E-state index >= 15 is 0 Å². The van der Waals surface area contributed by atoms with Gasteiger partial charge in [-0.15, -0.1) is 0 Å². The summed E-state index contributed by atoms with van der Waals surface area (Å²) in [6, 6.07) is 4.04. The van der Waals surface area contributed by atoms with E-state index in [4.69, 9.17) is 11.1 Å². The highest BCUT2D eigenvalue weighted by Crippen LogP contribution is 2.23. The quantitative estimate of drug-likeness (QED) is 0.344. The van der Waals surface area contributed by atoms with Crippen LogP contribution in [0.25, 0.3) is 0 Å². The van der Waals surface area contributed by atoms with Crippen LogP contribution in [0.1, 0.15) is 26.7 Å². The van der Waals surface area contributed by atoms with Gasteiger partial charge in [-0.3, -0.25) is 15.4 Å². The molecule has 25 heavy (non-hydrogen) atoms. The van der Waals surface area contributed by atoms with E-state index in [-0.39, 0.29) is 28.0 Å². The first-order valence-corrected chi connectivity index (χ1v) is 8.78. The van der Waals surface area contributed by atoms with Gasteiger partial charge in [0.2, 0.25) is 5.78 Å². The first kappa shape index (κ1) is 21.0. The summed E-state index contributed by atoms with van der Waals surface area (Å²) >= 11 is 3.04. The molecule has 0 aliphatic carbocycles. The molecule has 1 heterocycles. The van der Waals surface area contributed by atoms with Crippen LogP contribution in [-0.2, 0) is 4.79 Å². The number of aliphatic imine (C=N–C) groups is 1. The minimum Gasteiger partial charge on any atom is -0.370 e. The lowest BCUT2D eigenvalue weighted by Crippen LogP contribution is -2.45. The number of halogens is 2. The van der Waals surface area contributed by atoms with E-state index in [9.17, 15) is 14.4 Å². The molecule has 1 aromatic carbocycles. The molecule has 0 bridgehead atoms. The Morgan fingerprint density at radius 1 is 1.44 bits per heavy atom. The minimum atomic E-state index is -0.439. The van der Waals surface area contributed by atoms with Gasteiger partial charge >= 0.3 is 0 Å². The molecule has 9 heteroatoms. The maximum Gasteiger partial charge on any atom is 0.203 e. The number of guanidine groups is 1. The van der Waals surface area contributed by atoms with E-state index in [2.05, 4.69) is 20.9 Å². The number of likely N-dealkylation sites (tertiary alicyclic amines) is 1. The fourth-order valence-electron chi connectivity index (χ4n) is 2.39. The zero-order valence-corrected chi connectivity index (χ0v) is 15.8. The van der Waals surface area contributed by atoms with Crippen LogP contribution in [0.15, 0.2) is 27.7 Å². The number of carbonyl (C=O) groups excluding carboxylic acids is 1. The molecule has 0 radical (unpaired) electrons. The van der Waals surface area contributed by atoms with Crippen LogP contribution in [0, 0.1) is 17.1 Å². The second kappa shape index (κ2) is 10.1. The van der Waals surface area contributed by atoms with Gasteiger partial charge in [0.1, 0.15) is 5.82 Å². The first-order valence-electron chi connectivity index (χ1n) is 7.99. The standard InChI is InChI=1S/C14H17BrFN5O2.C2H6/c15-10-7-9(1-2-11(10)16)19-13(20-23)12(22)8-3-5-21(6-4-8)14(17)18;1-2/h1-2,7-8,23H,3-6H2,(H3,17,18)(H,19,20);1-2H3. The van der Waals surface area contributed by atoms with Crippen molar-refractivity contribution in [3.63, 3.8) is 0 Å². The van der Waals surface area contributed by atoms with Gasteiger partial charge in [-0.05, 0) is 47.0 Å². The van der Waals surface area contributed by atoms with Gasteiger partial charge in [-0.25, -0.2) is 14.9 Å². The number of hydrogen-bond donors (Lipinski definition) is 4. The number of ketones is 1. The highest BCUT2D eigenvalue weighted by molar-refractivity contribution is 9.10. The number of nitrogens with two attached hydrogens (primary N) is 1. The Hall–Kier alpha value is -2.00. The number of benzene rings is 1. The number of piperidine rings is 1. The van der Waals surface area contributed by atoms with Crippen LogP contribution in [0.5, 0.6) is 0 Å². The highest BCUT2D eigenvalue weighted by Gasteiger charge is 2.28. The Kier molecular flexibility index (Phi) is 8.50. The van der Waals surface area contributed by atoms with Gasteiger partial charge in [0.05, 0.1) is 10.2 Å². The second-order valence-corrected chi connectivity index (χ2v) is 6.04. The summed E-state index contributed by atoms with van der Waals surface area (Å²) in [5.74, 6) is -1.28. The molecule has 0 aromatic heterocycles. The monoisotopic (exact) mass is 415 g/mol. The number of nitrogens with one attached hydrogen (secondary N) is 2. The summed E-state index contributed by atoms with van der Waals surface area (Å²) in [5, 5.41) is 16.6. The molecule has 7 nitrogen and oxygen atoms in total. The third kappa shape index (κ3) is 5.79. The van der Waals surface area contributed by atoms with Gasteiger partial charge in [0.25, 0.3) is 0 Å². The molecule has 1 aliphatic heterocycles. The van der Waals surface area contributed by atoms with Gasteiger partial charge in [-0.2, -0.15) is 0 Å². The lowest BCUT2D eigenvalue weighted by atomic mass is 9.92. The van der Waals surface area contributed by atoms with E-state index in [0.29, 0.717) is 31.6 Å². The van der Waals surface area contributed by atoms with Crippen LogP contribution in [0.2, 0.25) is 0 Å². The van der Waals surface area contributed by atoms with Crippen LogP contribution in [0.4, 0.5) is 10.1 Å². The molecular weight excluding hydrogens is 393 g/mol. The van der Waals surface area contributed by atoms with Crippen molar-refractivity contribution in [2.75, 3.05) is 13.1 Å². The molecule has 2 rings (SSSR count). The second-order valence-electron chi connectivity index (χ2n) is 5.18. The van der Waals surface area contributed by atoms with E-state index in [1.54, 1.807) is 4.90 Å². The summed E-state index contributed by atoms with van der Waals surface area (Å²) in [4.78, 5) is 18.1. The van der Waals surface area contributed by atoms with Gasteiger partial charge < -0.3 is 10.6 Å². The number of nitrogens with zero attached hydrogens (tertiary/aromatic N) is 2. The highest BCUT2D eigenvalue weighted by atomic mass is 79.9. The molecule has 0 spiro atoms. The molecule has 0 amide bonds. The van der Waals surface area contributed by atoms with E-state index in [1.165, 1.54) is 18.2 Å². The molecule has 1 saturated heterocycles. The molecule has 1 aromatic rings. The molecule has 1 fully saturated rings. The number of rotatable bonds is 3. The third-order valence-electron chi connectivity index (χ3n) is 3.69. The van der Waals surface area contributed by atoms with Crippen LogP contribution in [-0.4, -0.2) is 40.8 Å². The molecule has 5 N–H and O–H groups in total. The summed E-state index contributed by atoms with van der Waals surface area (Å²) in [6.45, 7) is 5.01. The predicted molar refractivity (Wildman–Crippen MR) is 98.7 cm³/mol. The average Bonchev–Trinajstić information content (AvgIpc) is 2.63. The smallest absolute Gasteiger partial charge is 0.203 e. The summed E-state index contributed by atoms with van der Waals surface area (Å²) in [5.41, 5.74) is 7.58. The summed E-state index contributed by atoms with van der Waals surface area (Å²) < 4.78 is 13.4. The Labute approximate surface area is 154 Å². The van der Waals surface area contributed by atoms with Gasteiger partial charge in [0, 0.05) is 19.0 Å². The lowest BCUT2D eigenvalue weighted by Gasteiger charge is -2.31. The van der Waals surface area contributed by atoms with Crippen molar-refractivity contribution in [3.05, 3.63) is 28.5 Å². The van der Waals surface area contributed by atoms with Crippen molar-refractivity contribution in [1.29, 1.82) is 5.41 Å². The summed E-state index contributed by atoms with van der Waals surface area (Å²) in [7, 11) is 0. The zero-order chi connectivity index (χ0) is 19.0. The largest absolute Gasteiger partial charge is 0.370 e. The SMILES string of the molecule is CC.N=C(N)N1CCC(C(=O)C(=Nc2ccc(F)c(Br)c2)NO)CC1. The lowest BCUT2D eigenvalue weighted by molar-refractivity contribution is -0.118. The fraction of sp³-hybridized carbons (Fsp3) is 0.438. The van der Waals surface area contributed by atoms with Crippen molar-refractivity contribution < 1.29 is 14.4 Å². The number of hydroxylamine groups is 1. The Balaban J connectivity index is 0.00000151. The Bertz CT molecular complexity index is 645. The van der Waals surface area contributed by atoms with Crippen molar-refractivity contribution in [3.8, 4) is 0 Å². The molecule has 0 atom stereocenters. The predicted octanol–water partition coefficient (Wildman–Crippen LogP) is 2.80. The van der Waals surface area contributed by atoms with Crippen molar-refractivity contribution in [2.24, 2.45) is 16.6 Å².